The summed E-state index contributed by atoms with van der Waals surface area (Å²) in [7, 11) is 1.52. The van der Waals surface area contributed by atoms with E-state index in [4.69, 9.17) is 11.6 Å². The Morgan fingerprint density at radius 3 is 2.57 bits per heavy atom. The van der Waals surface area contributed by atoms with E-state index in [2.05, 4.69) is 20.4 Å². The van der Waals surface area contributed by atoms with Gasteiger partial charge in [0.2, 0.25) is 0 Å². The Labute approximate surface area is 163 Å². The molecule has 0 bridgehead atoms. The van der Waals surface area contributed by atoms with Crippen molar-refractivity contribution in [2.24, 2.45) is 7.05 Å². The molecule has 0 aliphatic heterocycles. The highest BCUT2D eigenvalue weighted by atomic mass is 35.5. The first-order valence-corrected chi connectivity index (χ1v) is 8.72. The number of pyridine rings is 2. The fraction of sp³-hybridized carbons (Fsp3) is 0.333. The van der Waals surface area contributed by atoms with E-state index in [9.17, 15) is 18.0 Å². The predicted molar refractivity (Wildman–Crippen MR) is 99.4 cm³/mol. The Hall–Kier alpha value is -2.68. The lowest BCUT2D eigenvalue weighted by molar-refractivity contribution is -0.136. The standard InChI is InChI=1S/C18H17ClF3N5O/c1-9-4-11(6-14(19)24-9)5-12(28)8-23-15-7-13(18(20,21)22)16-10(2)26-27(3)17(16)25-15/h4,6-7H,5,8H2,1-3H3,(H,23,25). The van der Waals surface area contributed by atoms with Gasteiger partial charge >= 0.3 is 6.18 Å². The van der Waals surface area contributed by atoms with Crippen molar-refractivity contribution in [1.82, 2.24) is 19.7 Å². The van der Waals surface area contributed by atoms with E-state index in [1.54, 1.807) is 19.1 Å². The molecule has 0 amide bonds. The largest absolute Gasteiger partial charge is 0.417 e. The first kappa shape index (κ1) is 20.1. The van der Waals surface area contributed by atoms with Crippen LogP contribution in [0.2, 0.25) is 5.15 Å². The highest BCUT2D eigenvalue weighted by Gasteiger charge is 2.35. The SMILES string of the molecule is Cc1cc(CC(=O)CNc2cc(C(F)(F)F)c3c(C)nn(C)c3n2)cc(Cl)n1. The molecule has 0 radical (unpaired) electrons. The summed E-state index contributed by atoms with van der Waals surface area (Å²) in [6, 6.07) is 4.21. The number of aromatic nitrogens is 4. The normalized spacial score (nSPS) is 11.8. The molecule has 3 heterocycles. The predicted octanol–water partition coefficient (Wildman–Crippen LogP) is 3.88. The van der Waals surface area contributed by atoms with Gasteiger partial charge in [0.05, 0.1) is 23.2 Å². The Morgan fingerprint density at radius 1 is 1.21 bits per heavy atom. The van der Waals surface area contributed by atoms with Gasteiger partial charge in [0.15, 0.2) is 11.4 Å². The van der Waals surface area contributed by atoms with Crippen LogP contribution in [0.1, 0.15) is 22.5 Å². The van der Waals surface area contributed by atoms with Gasteiger partial charge in [-0.1, -0.05) is 11.6 Å². The molecule has 3 rings (SSSR count). The molecule has 0 aromatic carbocycles. The highest BCUT2D eigenvalue weighted by Crippen LogP contribution is 2.36. The summed E-state index contributed by atoms with van der Waals surface area (Å²) >= 11 is 5.88. The maximum atomic E-state index is 13.5. The van der Waals surface area contributed by atoms with E-state index in [0.717, 1.165) is 6.07 Å². The maximum Gasteiger partial charge on any atom is 0.417 e. The minimum atomic E-state index is -4.57. The van der Waals surface area contributed by atoms with Gasteiger partial charge in [0.25, 0.3) is 0 Å². The Balaban J connectivity index is 1.82. The molecule has 0 spiro atoms. The number of aryl methyl sites for hydroxylation is 3. The highest BCUT2D eigenvalue weighted by molar-refractivity contribution is 6.29. The number of carbonyl (C=O) groups is 1. The molecule has 0 unspecified atom stereocenters. The average Bonchev–Trinajstić information content (AvgIpc) is 2.85. The van der Waals surface area contributed by atoms with E-state index in [0.29, 0.717) is 11.3 Å². The van der Waals surface area contributed by atoms with Crippen LogP contribution in [-0.4, -0.2) is 32.1 Å². The van der Waals surface area contributed by atoms with Gasteiger partial charge in [-0.3, -0.25) is 9.48 Å². The number of anilines is 1. The zero-order valence-electron chi connectivity index (χ0n) is 15.4. The second kappa shape index (κ2) is 7.38. The van der Waals surface area contributed by atoms with Gasteiger partial charge < -0.3 is 5.32 Å². The van der Waals surface area contributed by atoms with Gasteiger partial charge in [-0.25, -0.2) is 9.97 Å². The number of nitrogens with one attached hydrogen (secondary N) is 1. The third-order valence-electron chi connectivity index (χ3n) is 4.12. The molecule has 0 aliphatic rings. The molecule has 10 heteroatoms. The van der Waals surface area contributed by atoms with Crippen molar-refractivity contribution in [3.05, 3.63) is 45.9 Å². The molecule has 0 atom stereocenters. The van der Waals surface area contributed by atoms with Crippen LogP contribution in [0.5, 0.6) is 0 Å². The smallest absolute Gasteiger partial charge is 0.363 e. The van der Waals surface area contributed by atoms with Crippen molar-refractivity contribution in [2.45, 2.75) is 26.4 Å². The number of carbonyl (C=O) groups excluding carboxylic acids is 1. The topological polar surface area (TPSA) is 72.7 Å². The van der Waals surface area contributed by atoms with Gasteiger partial charge in [0, 0.05) is 19.2 Å². The van der Waals surface area contributed by atoms with Crippen LogP contribution < -0.4 is 5.32 Å². The summed E-state index contributed by atoms with van der Waals surface area (Å²) in [5.41, 5.74) is 0.862. The molecule has 3 aromatic heterocycles. The molecule has 3 aromatic rings. The van der Waals surface area contributed by atoms with E-state index in [1.165, 1.54) is 18.7 Å². The minimum absolute atomic E-state index is 0.0416. The van der Waals surface area contributed by atoms with Crippen LogP contribution in [0, 0.1) is 13.8 Å². The Kier molecular flexibility index (Phi) is 5.29. The molecule has 0 saturated carbocycles. The second-order valence-electron chi connectivity index (χ2n) is 6.47. The number of fused-ring (bicyclic) bond motifs is 1. The molecular formula is C18H17ClF3N5O. The molecule has 0 aliphatic carbocycles. The van der Waals surface area contributed by atoms with Crippen LogP contribution in [0.25, 0.3) is 11.0 Å². The van der Waals surface area contributed by atoms with Crippen molar-refractivity contribution in [3.63, 3.8) is 0 Å². The van der Waals surface area contributed by atoms with E-state index < -0.39 is 11.7 Å². The first-order chi connectivity index (χ1) is 13.0. The van der Waals surface area contributed by atoms with Crippen molar-refractivity contribution in [1.29, 1.82) is 0 Å². The monoisotopic (exact) mass is 411 g/mol. The Morgan fingerprint density at radius 2 is 1.93 bits per heavy atom. The number of alkyl halides is 3. The molecule has 6 nitrogen and oxygen atoms in total. The number of Topliss-reactive ketones (excluding diaryl/α,β-unsaturated/α-hetero) is 1. The third kappa shape index (κ3) is 4.24. The zero-order chi connectivity index (χ0) is 20.6. The fourth-order valence-corrected chi connectivity index (χ4v) is 3.31. The number of ketones is 1. The van der Waals surface area contributed by atoms with Gasteiger partial charge in [-0.15, -0.1) is 0 Å². The van der Waals surface area contributed by atoms with E-state index in [-0.39, 0.29) is 46.4 Å². The molecular weight excluding hydrogens is 395 g/mol. The first-order valence-electron chi connectivity index (χ1n) is 8.35. The van der Waals surface area contributed by atoms with Gasteiger partial charge in [-0.05, 0) is 37.6 Å². The second-order valence-corrected chi connectivity index (χ2v) is 6.86. The van der Waals surface area contributed by atoms with Crippen molar-refractivity contribution < 1.29 is 18.0 Å². The molecule has 28 heavy (non-hydrogen) atoms. The number of hydrogen-bond donors (Lipinski definition) is 1. The lowest BCUT2D eigenvalue weighted by atomic mass is 10.1. The minimum Gasteiger partial charge on any atom is -0.363 e. The average molecular weight is 412 g/mol. The van der Waals surface area contributed by atoms with Crippen LogP contribution in [0.15, 0.2) is 18.2 Å². The summed E-state index contributed by atoms with van der Waals surface area (Å²) in [5.74, 6) is -0.265. The number of rotatable bonds is 5. The van der Waals surface area contributed by atoms with Crippen LogP contribution in [0.3, 0.4) is 0 Å². The Bertz CT molecular complexity index is 1040. The molecule has 1 N–H and O–H groups in total. The van der Waals surface area contributed by atoms with Crippen molar-refractivity contribution in [3.8, 4) is 0 Å². The third-order valence-corrected chi connectivity index (χ3v) is 4.32. The molecule has 148 valence electrons. The zero-order valence-corrected chi connectivity index (χ0v) is 16.1. The van der Waals surface area contributed by atoms with Crippen LogP contribution >= 0.6 is 11.6 Å². The summed E-state index contributed by atoms with van der Waals surface area (Å²) in [6.45, 7) is 3.08. The summed E-state index contributed by atoms with van der Waals surface area (Å²) in [5, 5.41) is 6.93. The summed E-state index contributed by atoms with van der Waals surface area (Å²) in [6.07, 6.45) is -4.49. The molecule has 0 fully saturated rings. The lowest BCUT2D eigenvalue weighted by Crippen LogP contribution is -2.18. The van der Waals surface area contributed by atoms with Crippen molar-refractivity contribution in [2.75, 3.05) is 11.9 Å². The van der Waals surface area contributed by atoms with E-state index >= 15 is 0 Å². The quantitative estimate of drug-likeness (QED) is 0.645. The number of hydrogen-bond acceptors (Lipinski definition) is 5. The van der Waals surface area contributed by atoms with Gasteiger partial charge in [-0.2, -0.15) is 18.3 Å². The lowest BCUT2D eigenvalue weighted by Gasteiger charge is -2.12. The summed E-state index contributed by atoms with van der Waals surface area (Å²) < 4.78 is 41.7. The van der Waals surface area contributed by atoms with Crippen LogP contribution in [-0.2, 0) is 24.4 Å². The van der Waals surface area contributed by atoms with E-state index in [1.807, 2.05) is 0 Å². The van der Waals surface area contributed by atoms with Gasteiger partial charge in [0.1, 0.15) is 11.0 Å². The number of nitrogens with zero attached hydrogens (tertiary/aromatic N) is 4. The molecule has 0 saturated heterocycles. The fourth-order valence-electron chi connectivity index (χ4n) is 3.04. The number of halogens is 4. The van der Waals surface area contributed by atoms with Crippen LogP contribution in [0.4, 0.5) is 19.0 Å². The maximum absolute atomic E-state index is 13.5. The van der Waals surface area contributed by atoms with Crippen molar-refractivity contribution >= 4 is 34.2 Å². The summed E-state index contributed by atoms with van der Waals surface area (Å²) in [4.78, 5) is 20.4.